The molecule has 3 aromatic rings. The molecular formula is C26H25N3O6S. The van der Waals surface area contributed by atoms with Gasteiger partial charge < -0.3 is 9.84 Å². The number of pyridine rings is 1. The Kier molecular flexibility index (Phi) is 6.91. The maximum Gasteiger partial charge on any atom is 0.300 e. The number of anilines is 1. The van der Waals surface area contributed by atoms with Gasteiger partial charge in [-0.25, -0.2) is 13.6 Å². The van der Waals surface area contributed by atoms with Crippen molar-refractivity contribution >= 4 is 33.2 Å². The number of carbonyl (C=O) groups excluding carboxylic acids is 2. The zero-order valence-electron chi connectivity index (χ0n) is 19.7. The molecule has 1 aliphatic heterocycles. The molecule has 2 heterocycles. The van der Waals surface area contributed by atoms with Crippen molar-refractivity contribution in [1.29, 1.82) is 0 Å². The number of Topliss-reactive ketones (excluding diaryl/α,β-unsaturated/α-hetero) is 1. The summed E-state index contributed by atoms with van der Waals surface area (Å²) in [6, 6.07) is 14.3. The predicted molar refractivity (Wildman–Crippen MR) is 134 cm³/mol. The van der Waals surface area contributed by atoms with Crippen LogP contribution in [0, 0.1) is 5.92 Å². The quantitative estimate of drug-likeness (QED) is 0.284. The minimum atomic E-state index is -3.95. The molecule has 0 aliphatic carbocycles. The van der Waals surface area contributed by atoms with Gasteiger partial charge in [0, 0.05) is 23.6 Å². The molecule has 3 N–H and O–H groups in total. The lowest BCUT2D eigenvalue weighted by Gasteiger charge is -2.25. The Labute approximate surface area is 208 Å². The lowest BCUT2D eigenvalue weighted by Crippen LogP contribution is -2.29. The molecule has 9 nitrogen and oxygen atoms in total. The van der Waals surface area contributed by atoms with Crippen LogP contribution in [-0.2, 0) is 19.6 Å². The maximum atomic E-state index is 13.2. The summed E-state index contributed by atoms with van der Waals surface area (Å²) >= 11 is 0. The molecular weight excluding hydrogens is 482 g/mol. The third-order valence-electron chi connectivity index (χ3n) is 5.58. The molecule has 10 heteroatoms. The first-order valence-corrected chi connectivity index (χ1v) is 12.7. The standard InChI is InChI=1S/C26H25N3O6S/c1-16(2)15-35-20-7-3-5-17(13-20)24(30)22-23(18-6-4-12-28-14-18)29(26(32)25(22)31)19-8-10-21(11-9-19)36(27,33)34/h3-14,16,23,30H,15H2,1-2H3,(H2,27,33,34)/b24-22+. The first kappa shape index (κ1) is 25.1. The van der Waals surface area contributed by atoms with Gasteiger partial charge >= 0.3 is 0 Å². The fraction of sp³-hybridized carbons (Fsp3) is 0.192. The minimum absolute atomic E-state index is 0.121. The molecule has 186 valence electrons. The number of ketones is 1. The van der Waals surface area contributed by atoms with Gasteiger partial charge in [-0.05, 0) is 53.9 Å². The molecule has 1 aliphatic rings. The van der Waals surface area contributed by atoms with E-state index in [9.17, 15) is 23.1 Å². The number of ether oxygens (including phenoxy) is 1. The molecule has 1 unspecified atom stereocenters. The summed E-state index contributed by atoms with van der Waals surface area (Å²) in [5.74, 6) is -1.32. The van der Waals surface area contributed by atoms with Gasteiger partial charge in [0.05, 0.1) is 23.1 Å². The molecule has 1 aromatic heterocycles. The van der Waals surface area contributed by atoms with Crippen LogP contribution in [0.3, 0.4) is 0 Å². The monoisotopic (exact) mass is 507 g/mol. The Morgan fingerprint density at radius 1 is 1.11 bits per heavy atom. The van der Waals surface area contributed by atoms with E-state index < -0.39 is 27.8 Å². The highest BCUT2D eigenvalue weighted by atomic mass is 32.2. The van der Waals surface area contributed by atoms with Crippen molar-refractivity contribution < 1.29 is 27.9 Å². The molecule has 0 spiro atoms. The number of aliphatic hydroxyl groups excluding tert-OH is 1. The second-order valence-electron chi connectivity index (χ2n) is 8.73. The van der Waals surface area contributed by atoms with Gasteiger partial charge in [-0.15, -0.1) is 0 Å². The fourth-order valence-electron chi connectivity index (χ4n) is 3.90. The Morgan fingerprint density at radius 2 is 1.83 bits per heavy atom. The number of benzene rings is 2. The summed E-state index contributed by atoms with van der Waals surface area (Å²) in [7, 11) is -3.95. The number of nitrogens with two attached hydrogens (primary N) is 1. The Balaban J connectivity index is 1.84. The van der Waals surface area contributed by atoms with E-state index in [2.05, 4.69) is 4.98 Å². The molecule has 1 fully saturated rings. The maximum absolute atomic E-state index is 13.2. The summed E-state index contributed by atoms with van der Waals surface area (Å²) < 4.78 is 29.1. The molecule has 1 amide bonds. The largest absolute Gasteiger partial charge is 0.507 e. The van der Waals surface area contributed by atoms with E-state index in [-0.39, 0.29) is 21.9 Å². The molecule has 0 saturated carbocycles. The second kappa shape index (κ2) is 9.92. The van der Waals surface area contributed by atoms with Crippen LogP contribution in [0.5, 0.6) is 5.75 Å². The van der Waals surface area contributed by atoms with Gasteiger partial charge in [0.2, 0.25) is 10.0 Å². The second-order valence-corrected chi connectivity index (χ2v) is 10.3. The Bertz CT molecular complexity index is 1430. The van der Waals surface area contributed by atoms with Gasteiger partial charge in [-0.1, -0.05) is 32.0 Å². The average molecular weight is 508 g/mol. The molecule has 36 heavy (non-hydrogen) atoms. The van der Waals surface area contributed by atoms with Crippen molar-refractivity contribution in [3.05, 3.63) is 89.8 Å². The van der Waals surface area contributed by atoms with E-state index in [0.717, 1.165) is 0 Å². The zero-order valence-corrected chi connectivity index (χ0v) is 20.5. The lowest BCUT2D eigenvalue weighted by molar-refractivity contribution is -0.132. The molecule has 4 rings (SSSR count). The Hall–Kier alpha value is -4.02. The number of hydrogen-bond acceptors (Lipinski definition) is 7. The number of amides is 1. The highest BCUT2D eigenvalue weighted by Crippen LogP contribution is 2.42. The van der Waals surface area contributed by atoms with E-state index in [0.29, 0.717) is 29.4 Å². The highest BCUT2D eigenvalue weighted by molar-refractivity contribution is 7.89. The van der Waals surface area contributed by atoms with Crippen LogP contribution >= 0.6 is 0 Å². The van der Waals surface area contributed by atoms with Crippen LogP contribution in [0.25, 0.3) is 5.76 Å². The average Bonchev–Trinajstić information content (AvgIpc) is 3.13. The summed E-state index contributed by atoms with van der Waals surface area (Å²) in [5.41, 5.74) is 0.935. The van der Waals surface area contributed by atoms with Crippen LogP contribution in [0.4, 0.5) is 5.69 Å². The van der Waals surface area contributed by atoms with Crippen molar-refractivity contribution in [3.63, 3.8) is 0 Å². The fourth-order valence-corrected chi connectivity index (χ4v) is 4.42. The van der Waals surface area contributed by atoms with Gasteiger partial charge in [0.1, 0.15) is 11.5 Å². The van der Waals surface area contributed by atoms with Crippen LogP contribution in [0.15, 0.2) is 83.5 Å². The van der Waals surface area contributed by atoms with E-state index >= 15 is 0 Å². The van der Waals surface area contributed by atoms with Crippen molar-refractivity contribution in [2.24, 2.45) is 11.1 Å². The number of rotatable bonds is 7. The molecule has 1 atom stereocenters. The van der Waals surface area contributed by atoms with Crippen molar-refractivity contribution in [1.82, 2.24) is 4.98 Å². The normalized spacial score (nSPS) is 17.6. The number of nitrogens with zero attached hydrogens (tertiary/aromatic N) is 2. The lowest BCUT2D eigenvalue weighted by atomic mass is 9.96. The molecule has 0 bridgehead atoms. The molecule has 0 radical (unpaired) electrons. The smallest absolute Gasteiger partial charge is 0.300 e. The zero-order chi connectivity index (χ0) is 26.0. The third kappa shape index (κ3) is 5.00. The van der Waals surface area contributed by atoms with E-state index in [1.165, 1.54) is 35.4 Å². The number of primary sulfonamides is 1. The molecule has 2 aromatic carbocycles. The molecule has 1 saturated heterocycles. The first-order chi connectivity index (χ1) is 17.1. The third-order valence-corrected chi connectivity index (χ3v) is 6.51. The Morgan fingerprint density at radius 3 is 2.44 bits per heavy atom. The van der Waals surface area contributed by atoms with E-state index in [1.54, 1.807) is 42.6 Å². The number of sulfonamides is 1. The van der Waals surface area contributed by atoms with Crippen LogP contribution in [0.1, 0.15) is 31.0 Å². The number of carbonyl (C=O) groups is 2. The topological polar surface area (TPSA) is 140 Å². The summed E-state index contributed by atoms with van der Waals surface area (Å²) in [6.45, 7) is 4.49. The number of aliphatic hydroxyl groups is 1. The van der Waals surface area contributed by atoms with Crippen LogP contribution < -0.4 is 14.8 Å². The summed E-state index contributed by atoms with van der Waals surface area (Å²) in [5, 5.41) is 16.4. The SMILES string of the molecule is CC(C)COc1cccc(/C(O)=C2\C(=O)C(=O)N(c3ccc(S(N)(=O)=O)cc3)C2c2cccnc2)c1. The predicted octanol–water partition coefficient (Wildman–Crippen LogP) is 3.39. The van der Waals surface area contributed by atoms with Crippen molar-refractivity contribution in [2.45, 2.75) is 24.8 Å². The van der Waals surface area contributed by atoms with Gasteiger partial charge in [-0.2, -0.15) is 0 Å². The van der Waals surface area contributed by atoms with E-state index in [1.807, 2.05) is 13.8 Å². The first-order valence-electron chi connectivity index (χ1n) is 11.1. The van der Waals surface area contributed by atoms with E-state index in [4.69, 9.17) is 9.88 Å². The number of hydrogen-bond donors (Lipinski definition) is 2. The van der Waals surface area contributed by atoms with Crippen LogP contribution in [0.2, 0.25) is 0 Å². The van der Waals surface area contributed by atoms with Gasteiger partial charge in [-0.3, -0.25) is 19.5 Å². The van der Waals surface area contributed by atoms with Crippen LogP contribution in [-0.4, -0.2) is 36.8 Å². The summed E-state index contributed by atoms with van der Waals surface area (Å²) in [6.07, 6.45) is 3.05. The summed E-state index contributed by atoms with van der Waals surface area (Å²) in [4.78, 5) is 31.6. The highest BCUT2D eigenvalue weighted by Gasteiger charge is 2.47. The van der Waals surface area contributed by atoms with Crippen molar-refractivity contribution in [2.75, 3.05) is 11.5 Å². The van der Waals surface area contributed by atoms with Gasteiger partial charge in [0.25, 0.3) is 11.7 Å². The van der Waals surface area contributed by atoms with Crippen molar-refractivity contribution in [3.8, 4) is 5.75 Å². The minimum Gasteiger partial charge on any atom is -0.507 e. The number of aromatic nitrogens is 1. The van der Waals surface area contributed by atoms with Gasteiger partial charge in [0.15, 0.2) is 0 Å².